The van der Waals surface area contributed by atoms with Gasteiger partial charge in [-0.15, -0.1) is 0 Å². The summed E-state index contributed by atoms with van der Waals surface area (Å²) in [4.78, 5) is 0. The van der Waals surface area contributed by atoms with E-state index in [9.17, 15) is 13.9 Å². The zero-order valence-electron chi connectivity index (χ0n) is 24.5. The molecule has 3 rings (SSSR count). The maximum Gasteiger partial charge on any atom is 0.133 e. The van der Waals surface area contributed by atoms with Crippen LogP contribution in [0.1, 0.15) is 57.7 Å². The smallest absolute Gasteiger partial charge is 0.133 e. The van der Waals surface area contributed by atoms with E-state index < -0.39 is 17.2 Å². The molecular weight excluding hydrogens is 537 g/mol. The second-order valence-electron chi connectivity index (χ2n) is 10.5. The fraction of sp³-hybridized carbons (Fsp3) is 0.294. The van der Waals surface area contributed by atoms with Gasteiger partial charge >= 0.3 is 0 Å². The topological polar surface area (TPSA) is 38.7 Å². The zero-order chi connectivity index (χ0) is 30.6. The molecule has 0 saturated heterocycles. The SMILES string of the molecule is CC(C)(O)C(C)(C)S.[B]c1cc(F)c(/C(=C/C=C(\CC)OCc2ccccc2)C(=C)OCc2ccccc2)c(F)c1. The second kappa shape index (κ2) is 15.6. The Morgan fingerprint density at radius 3 is 1.73 bits per heavy atom. The summed E-state index contributed by atoms with van der Waals surface area (Å²) in [5.41, 5.74) is 1.16. The first kappa shape index (κ1) is 33.9. The number of thiol groups is 1. The van der Waals surface area contributed by atoms with Crippen molar-refractivity contribution in [3.63, 3.8) is 0 Å². The van der Waals surface area contributed by atoms with Crippen molar-refractivity contribution < 1.29 is 23.4 Å². The van der Waals surface area contributed by atoms with E-state index in [1.165, 1.54) is 0 Å². The normalized spacial score (nSPS) is 12.3. The van der Waals surface area contributed by atoms with Crippen molar-refractivity contribution in [2.75, 3.05) is 0 Å². The first-order chi connectivity index (χ1) is 19.2. The standard InChI is InChI=1S/C28H25BF2O2.C6H14OS/c1-3-24(33-19-22-12-8-5-9-13-22)14-15-25(28-26(30)16-23(29)17-27(28)31)20(2)32-18-21-10-6-4-7-11-21;1-5(2,7)6(3,4)8/h4-17H,2-3,18-19H2,1H3;7-8H,1-4H3/b24-14+,25-15+;. The minimum absolute atomic E-state index is 0.0000927. The summed E-state index contributed by atoms with van der Waals surface area (Å²) in [7, 11) is 5.59. The molecule has 1 N–H and O–H groups in total. The van der Waals surface area contributed by atoms with Gasteiger partial charge < -0.3 is 14.6 Å². The molecule has 0 aliphatic heterocycles. The maximum atomic E-state index is 14.8. The number of allylic oxidation sites excluding steroid dienone is 4. The summed E-state index contributed by atoms with van der Waals surface area (Å²) in [6, 6.07) is 21.4. The van der Waals surface area contributed by atoms with E-state index in [2.05, 4.69) is 19.2 Å². The molecule has 0 atom stereocenters. The fourth-order valence-electron chi connectivity index (χ4n) is 3.18. The lowest BCUT2D eigenvalue weighted by molar-refractivity contribution is 0.0500. The molecule has 0 fully saturated rings. The Bertz CT molecular complexity index is 1290. The molecule has 0 bridgehead atoms. The Labute approximate surface area is 250 Å². The third kappa shape index (κ3) is 11.2. The van der Waals surface area contributed by atoms with Gasteiger partial charge in [0.1, 0.15) is 38.5 Å². The quantitative estimate of drug-likeness (QED) is 0.106. The number of halogens is 2. The Morgan fingerprint density at radius 2 is 1.32 bits per heavy atom. The molecule has 0 amide bonds. The van der Waals surface area contributed by atoms with Gasteiger partial charge in [0.2, 0.25) is 0 Å². The molecule has 0 heterocycles. The highest BCUT2D eigenvalue weighted by Gasteiger charge is 2.30. The van der Waals surface area contributed by atoms with Crippen molar-refractivity contribution in [1.29, 1.82) is 0 Å². The van der Waals surface area contributed by atoms with E-state index >= 15 is 0 Å². The number of hydrogen-bond acceptors (Lipinski definition) is 4. The Morgan fingerprint density at radius 1 is 0.878 bits per heavy atom. The molecule has 3 nitrogen and oxygen atoms in total. The molecule has 216 valence electrons. The predicted octanol–water partition coefficient (Wildman–Crippen LogP) is 7.85. The van der Waals surface area contributed by atoms with Crippen LogP contribution in [0, 0.1) is 11.6 Å². The third-order valence-electron chi connectivity index (χ3n) is 6.44. The molecule has 41 heavy (non-hydrogen) atoms. The van der Waals surface area contributed by atoms with E-state index in [0.717, 1.165) is 23.3 Å². The van der Waals surface area contributed by atoms with Crippen molar-refractivity contribution in [1.82, 2.24) is 0 Å². The highest BCUT2D eigenvalue weighted by atomic mass is 32.1. The van der Waals surface area contributed by atoms with Crippen LogP contribution in [0.4, 0.5) is 8.78 Å². The van der Waals surface area contributed by atoms with Crippen LogP contribution < -0.4 is 5.46 Å². The number of hydrogen-bond donors (Lipinski definition) is 2. The van der Waals surface area contributed by atoms with Crippen molar-refractivity contribution in [2.45, 2.75) is 64.6 Å². The van der Waals surface area contributed by atoms with Crippen molar-refractivity contribution in [2.24, 2.45) is 0 Å². The number of aliphatic hydroxyl groups is 1. The van der Waals surface area contributed by atoms with Gasteiger partial charge in [0, 0.05) is 16.7 Å². The number of benzene rings is 3. The van der Waals surface area contributed by atoms with Crippen LogP contribution >= 0.6 is 12.6 Å². The molecule has 0 aliphatic rings. The van der Waals surface area contributed by atoms with E-state index in [-0.39, 0.29) is 33.7 Å². The highest BCUT2D eigenvalue weighted by molar-refractivity contribution is 7.81. The number of ether oxygens (including phenoxy) is 2. The summed E-state index contributed by atoms with van der Waals surface area (Å²) < 4.78 is 40.9. The first-order valence-electron chi connectivity index (χ1n) is 13.4. The first-order valence-corrected chi connectivity index (χ1v) is 13.8. The summed E-state index contributed by atoms with van der Waals surface area (Å²) in [6.45, 7) is 13.7. The lowest BCUT2D eigenvalue weighted by atomic mass is 9.92. The van der Waals surface area contributed by atoms with Crippen LogP contribution in [0.25, 0.3) is 5.57 Å². The van der Waals surface area contributed by atoms with Crippen molar-refractivity contribution >= 4 is 31.5 Å². The van der Waals surface area contributed by atoms with Crippen molar-refractivity contribution in [3.05, 3.63) is 131 Å². The van der Waals surface area contributed by atoms with Gasteiger partial charge in [-0.25, -0.2) is 8.78 Å². The lowest BCUT2D eigenvalue weighted by Crippen LogP contribution is -2.40. The molecule has 0 aromatic heterocycles. The lowest BCUT2D eigenvalue weighted by Gasteiger charge is -2.32. The van der Waals surface area contributed by atoms with E-state index in [0.29, 0.717) is 18.8 Å². The van der Waals surface area contributed by atoms with Gasteiger partial charge in [0.15, 0.2) is 0 Å². The van der Waals surface area contributed by atoms with Crippen LogP contribution in [0.3, 0.4) is 0 Å². The molecule has 7 heteroatoms. The van der Waals surface area contributed by atoms with Gasteiger partial charge in [-0.05, 0) is 63.1 Å². The molecule has 0 spiro atoms. The largest absolute Gasteiger partial charge is 0.493 e. The molecule has 3 aromatic carbocycles. The number of rotatable bonds is 11. The summed E-state index contributed by atoms with van der Waals surface area (Å²) in [6.07, 6.45) is 3.85. The summed E-state index contributed by atoms with van der Waals surface area (Å²) in [5.74, 6) is -0.792. The maximum absolute atomic E-state index is 14.8. The molecule has 0 unspecified atom stereocenters. The zero-order valence-corrected chi connectivity index (χ0v) is 25.3. The molecular formula is C34H39BF2O3S. The van der Waals surface area contributed by atoms with Crippen LogP contribution in [0.5, 0.6) is 0 Å². The molecule has 0 aliphatic carbocycles. The minimum atomic E-state index is -0.792. The van der Waals surface area contributed by atoms with Gasteiger partial charge in [-0.3, -0.25) is 0 Å². The van der Waals surface area contributed by atoms with Gasteiger partial charge in [0.05, 0.1) is 16.9 Å². The van der Waals surface area contributed by atoms with E-state index in [4.69, 9.17) is 17.3 Å². The highest BCUT2D eigenvalue weighted by Crippen LogP contribution is 2.29. The Hall–Kier alpha value is -3.29. The van der Waals surface area contributed by atoms with Gasteiger partial charge in [0.25, 0.3) is 0 Å². The monoisotopic (exact) mass is 576 g/mol. The van der Waals surface area contributed by atoms with E-state index in [1.54, 1.807) is 26.0 Å². The van der Waals surface area contributed by atoms with Crippen LogP contribution in [0.15, 0.2) is 103 Å². The van der Waals surface area contributed by atoms with Gasteiger partial charge in [-0.1, -0.05) is 79.6 Å². The molecule has 3 aromatic rings. The Balaban J connectivity index is 0.000000642. The Kier molecular flexibility index (Phi) is 12.9. The third-order valence-corrected chi connectivity index (χ3v) is 6.99. The minimum Gasteiger partial charge on any atom is -0.493 e. The van der Waals surface area contributed by atoms with Crippen LogP contribution in [-0.2, 0) is 22.7 Å². The van der Waals surface area contributed by atoms with E-state index in [1.807, 2.05) is 81.4 Å². The fourth-order valence-corrected chi connectivity index (χ4v) is 3.18. The predicted molar refractivity (Wildman–Crippen MR) is 169 cm³/mol. The second-order valence-corrected chi connectivity index (χ2v) is 11.6. The molecule has 2 radical (unpaired) electrons. The van der Waals surface area contributed by atoms with Crippen LogP contribution in [-0.4, -0.2) is 23.3 Å². The van der Waals surface area contributed by atoms with Crippen LogP contribution in [0.2, 0.25) is 0 Å². The van der Waals surface area contributed by atoms with Gasteiger partial charge in [-0.2, -0.15) is 12.6 Å². The average Bonchev–Trinajstić information content (AvgIpc) is 2.90. The summed E-state index contributed by atoms with van der Waals surface area (Å²) in [5, 5.41) is 9.28. The summed E-state index contributed by atoms with van der Waals surface area (Å²) >= 11 is 4.19. The van der Waals surface area contributed by atoms with Crippen molar-refractivity contribution in [3.8, 4) is 0 Å². The molecule has 0 saturated carbocycles. The average molecular weight is 577 g/mol.